The van der Waals surface area contributed by atoms with Crippen LogP contribution in [0.15, 0.2) is 12.1 Å². The number of benzene rings is 1. The van der Waals surface area contributed by atoms with Crippen molar-refractivity contribution in [3.8, 4) is 5.75 Å². The molecule has 0 spiro atoms. The third-order valence-electron chi connectivity index (χ3n) is 1.83. The van der Waals surface area contributed by atoms with Crippen molar-refractivity contribution in [3.63, 3.8) is 0 Å². The van der Waals surface area contributed by atoms with Crippen LogP contribution in [0.3, 0.4) is 0 Å². The Morgan fingerprint density at radius 3 is 2.60 bits per heavy atom. The lowest BCUT2D eigenvalue weighted by molar-refractivity contribution is 0.310. The average Bonchev–Trinajstić information content (AvgIpc) is 2.07. The van der Waals surface area contributed by atoms with E-state index in [1.54, 1.807) is 19.1 Å². The van der Waals surface area contributed by atoms with Gasteiger partial charge in [-0.2, -0.15) is 8.42 Å². The molecule has 84 valence electrons. The van der Waals surface area contributed by atoms with E-state index in [2.05, 4.69) is 4.18 Å². The lowest BCUT2D eigenvalue weighted by atomic mass is 10.1. The average molecular weight is 342 g/mol. The summed E-state index contributed by atoms with van der Waals surface area (Å²) in [6.07, 6.45) is 1.01. The highest BCUT2D eigenvalue weighted by Crippen LogP contribution is 2.24. The van der Waals surface area contributed by atoms with Gasteiger partial charge >= 0.3 is 0 Å². The maximum atomic E-state index is 10.8. The number of hydrogen-bond acceptors (Lipinski definition) is 4. The fourth-order valence-corrected chi connectivity index (χ4v) is 1.91. The Kier molecular flexibility index (Phi) is 3.96. The van der Waals surface area contributed by atoms with Crippen LogP contribution < -0.4 is 0 Å². The van der Waals surface area contributed by atoms with Gasteiger partial charge in [0, 0.05) is 0 Å². The van der Waals surface area contributed by atoms with Gasteiger partial charge in [-0.3, -0.25) is 4.18 Å². The molecule has 0 aliphatic carbocycles. The molecule has 0 saturated carbocycles. The first-order chi connectivity index (χ1) is 6.79. The van der Waals surface area contributed by atoms with Gasteiger partial charge in [0.05, 0.1) is 16.4 Å². The third-order valence-corrected chi connectivity index (χ3v) is 3.24. The molecule has 0 amide bonds. The first-order valence-corrected chi connectivity index (χ1v) is 7.01. The predicted molar refractivity (Wildman–Crippen MR) is 65.2 cm³/mol. The normalized spacial score (nSPS) is 11.7. The zero-order valence-corrected chi connectivity index (χ0v) is 11.3. The minimum absolute atomic E-state index is 0.000941. The molecule has 15 heavy (non-hydrogen) atoms. The van der Waals surface area contributed by atoms with Crippen molar-refractivity contribution in [1.82, 2.24) is 0 Å². The molecule has 0 fully saturated rings. The molecule has 1 N–H and O–H groups in total. The Labute approximate surface area is 103 Å². The van der Waals surface area contributed by atoms with Crippen molar-refractivity contribution in [1.29, 1.82) is 0 Å². The highest BCUT2D eigenvalue weighted by molar-refractivity contribution is 14.1. The van der Waals surface area contributed by atoms with E-state index in [0.717, 1.165) is 17.4 Å². The van der Waals surface area contributed by atoms with Gasteiger partial charge in [-0.1, -0.05) is 0 Å². The van der Waals surface area contributed by atoms with Gasteiger partial charge in [-0.25, -0.2) is 0 Å². The van der Waals surface area contributed by atoms with Crippen molar-refractivity contribution >= 4 is 32.7 Å². The van der Waals surface area contributed by atoms with E-state index < -0.39 is 10.1 Å². The summed E-state index contributed by atoms with van der Waals surface area (Å²) in [6.45, 7) is 1.79. The van der Waals surface area contributed by atoms with Crippen LogP contribution >= 0.6 is 22.6 Å². The maximum absolute atomic E-state index is 10.8. The van der Waals surface area contributed by atoms with Crippen LogP contribution in [-0.2, 0) is 20.9 Å². The van der Waals surface area contributed by atoms with Crippen LogP contribution in [0.1, 0.15) is 11.1 Å². The van der Waals surface area contributed by atoms with Crippen LogP contribution in [0, 0.1) is 10.5 Å². The highest BCUT2D eigenvalue weighted by Gasteiger charge is 2.08. The second-order valence-electron chi connectivity index (χ2n) is 3.20. The van der Waals surface area contributed by atoms with Gasteiger partial charge in [-0.15, -0.1) is 0 Å². The van der Waals surface area contributed by atoms with E-state index in [1.807, 2.05) is 22.6 Å². The van der Waals surface area contributed by atoms with Crippen molar-refractivity contribution < 1.29 is 17.7 Å². The summed E-state index contributed by atoms with van der Waals surface area (Å²) >= 11 is 1.97. The van der Waals surface area contributed by atoms with E-state index in [-0.39, 0.29) is 12.4 Å². The van der Waals surface area contributed by atoms with Crippen LogP contribution in [0.5, 0.6) is 5.75 Å². The second kappa shape index (κ2) is 4.67. The summed E-state index contributed by atoms with van der Waals surface area (Å²) < 4.78 is 26.9. The molecule has 1 aromatic rings. The molecule has 0 aliphatic heterocycles. The van der Waals surface area contributed by atoms with Crippen LogP contribution in [0.2, 0.25) is 0 Å². The molecule has 0 unspecified atom stereocenters. The zero-order chi connectivity index (χ0) is 11.6. The number of hydrogen-bond donors (Lipinski definition) is 1. The highest BCUT2D eigenvalue weighted by atomic mass is 127. The molecule has 4 nitrogen and oxygen atoms in total. The van der Waals surface area contributed by atoms with E-state index >= 15 is 0 Å². The number of phenols is 1. The van der Waals surface area contributed by atoms with Crippen molar-refractivity contribution in [2.45, 2.75) is 13.5 Å². The fourth-order valence-electron chi connectivity index (χ4n) is 1.03. The molecule has 1 rings (SSSR count). The largest absolute Gasteiger partial charge is 0.507 e. The molecule has 0 saturated heterocycles. The predicted octanol–water partition coefficient (Wildman–Crippen LogP) is 1.78. The van der Waals surface area contributed by atoms with Crippen LogP contribution in [-0.4, -0.2) is 19.8 Å². The number of phenolic OH excluding ortho intramolecular Hbond substituents is 1. The number of aromatic hydroxyl groups is 1. The van der Waals surface area contributed by atoms with Crippen LogP contribution in [0.25, 0.3) is 0 Å². The molecular weight excluding hydrogens is 331 g/mol. The Balaban J connectivity index is 2.91. The van der Waals surface area contributed by atoms with Gasteiger partial charge in [0.25, 0.3) is 10.1 Å². The quantitative estimate of drug-likeness (QED) is 0.672. The Hall–Kier alpha value is -0.340. The van der Waals surface area contributed by atoms with Gasteiger partial charge in [0.2, 0.25) is 0 Å². The minimum atomic E-state index is -3.43. The molecule has 0 aromatic heterocycles. The molecule has 0 aliphatic rings. The Morgan fingerprint density at radius 2 is 2.07 bits per heavy atom. The molecule has 1 aromatic carbocycles. The topological polar surface area (TPSA) is 63.6 Å². The van der Waals surface area contributed by atoms with Crippen molar-refractivity contribution in [2.75, 3.05) is 6.26 Å². The monoisotopic (exact) mass is 342 g/mol. The molecule has 0 atom stereocenters. The van der Waals surface area contributed by atoms with E-state index in [4.69, 9.17) is 0 Å². The summed E-state index contributed by atoms with van der Waals surface area (Å²) in [6, 6.07) is 3.29. The lowest BCUT2D eigenvalue weighted by Gasteiger charge is -2.07. The smallest absolute Gasteiger partial charge is 0.264 e. The van der Waals surface area contributed by atoms with Crippen molar-refractivity contribution in [3.05, 3.63) is 26.8 Å². The summed E-state index contributed by atoms with van der Waals surface area (Å²) in [7, 11) is -3.43. The van der Waals surface area contributed by atoms with Crippen molar-refractivity contribution in [2.24, 2.45) is 0 Å². The van der Waals surface area contributed by atoms with Crippen LogP contribution in [0.4, 0.5) is 0 Å². The molecular formula is C9H11IO4S. The fraction of sp³-hybridized carbons (Fsp3) is 0.333. The number of rotatable bonds is 3. The zero-order valence-electron chi connectivity index (χ0n) is 8.32. The first-order valence-electron chi connectivity index (χ1n) is 4.12. The summed E-state index contributed by atoms with van der Waals surface area (Å²) in [5, 5.41) is 9.39. The number of aryl methyl sites for hydroxylation is 1. The minimum Gasteiger partial charge on any atom is -0.507 e. The summed E-state index contributed by atoms with van der Waals surface area (Å²) in [5.41, 5.74) is 1.55. The standard InChI is InChI=1S/C9H11IO4S/c1-6-3-9(11)8(10)4-7(6)5-14-15(2,12)13/h3-4,11H,5H2,1-2H3. The Morgan fingerprint density at radius 1 is 1.47 bits per heavy atom. The maximum Gasteiger partial charge on any atom is 0.264 e. The Bertz CT molecular complexity index is 467. The molecule has 0 heterocycles. The molecule has 0 bridgehead atoms. The molecule has 6 heteroatoms. The van der Waals surface area contributed by atoms with Gasteiger partial charge in [-0.05, 0) is 52.8 Å². The van der Waals surface area contributed by atoms with Gasteiger partial charge in [0.1, 0.15) is 5.75 Å². The molecule has 0 radical (unpaired) electrons. The summed E-state index contributed by atoms with van der Waals surface area (Å²) in [4.78, 5) is 0. The number of halogens is 1. The van der Waals surface area contributed by atoms with E-state index in [9.17, 15) is 13.5 Å². The van der Waals surface area contributed by atoms with E-state index in [1.165, 1.54) is 0 Å². The summed E-state index contributed by atoms with van der Waals surface area (Å²) in [5.74, 6) is 0.191. The van der Waals surface area contributed by atoms with Gasteiger partial charge < -0.3 is 5.11 Å². The second-order valence-corrected chi connectivity index (χ2v) is 6.00. The van der Waals surface area contributed by atoms with Gasteiger partial charge in [0.15, 0.2) is 0 Å². The van der Waals surface area contributed by atoms with E-state index in [0.29, 0.717) is 3.57 Å². The first kappa shape index (κ1) is 12.7. The lowest BCUT2D eigenvalue weighted by Crippen LogP contribution is -2.04. The third kappa shape index (κ3) is 3.96. The SMILES string of the molecule is Cc1cc(O)c(I)cc1COS(C)(=O)=O.